The molecule has 0 atom stereocenters. The van der Waals surface area contributed by atoms with Gasteiger partial charge in [-0.2, -0.15) is 0 Å². The maximum Gasteiger partial charge on any atom is 0.145 e. The van der Waals surface area contributed by atoms with Gasteiger partial charge in [0.15, 0.2) is 0 Å². The van der Waals surface area contributed by atoms with Crippen molar-refractivity contribution in [2.45, 2.75) is 6.92 Å². The van der Waals surface area contributed by atoms with E-state index in [9.17, 15) is 0 Å². The number of rotatable bonds is 4. The number of aromatic nitrogens is 2. The minimum Gasteiger partial charge on any atom is -0.293 e. The van der Waals surface area contributed by atoms with Crippen LogP contribution in [0.1, 0.15) is 5.56 Å². The molecule has 0 unspecified atom stereocenters. The summed E-state index contributed by atoms with van der Waals surface area (Å²) in [6.45, 7) is 2.26. The highest BCUT2D eigenvalue weighted by molar-refractivity contribution is 6.63. The maximum atomic E-state index is 5.30. The molecular weight excluding hydrogens is 552 g/mol. The van der Waals surface area contributed by atoms with E-state index in [0.29, 0.717) is 0 Å². The standard InChI is InChI=1S/C40H32B4N2/c1-23-35(41)36(42)37(43)38(44)39(23)46-32-21-10-9-20-31(32)45-40(46)26-15-11-14-25(22-26)34-29-18-7-5-16-27(29)33(24-12-3-2-4-13-24)28-17-6-8-19-30(28)34/h2-22H,41-44H2,1H3. The van der Waals surface area contributed by atoms with Crippen molar-refractivity contribution >= 4 is 85.8 Å². The molecule has 1 heterocycles. The van der Waals surface area contributed by atoms with Gasteiger partial charge in [-0.15, -0.1) is 5.46 Å². The first-order valence-corrected chi connectivity index (χ1v) is 16.1. The summed E-state index contributed by atoms with van der Waals surface area (Å²) in [4.78, 5) is 5.30. The Hall–Kier alpha value is -5.21. The number of nitrogens with zero attached hydrogens (tertiary/aromatic N) is 2. The molecule has 0 fully saturated rings. The van der Waals surface area contributed by atoms with Gasteiger partial charge in [0.05, 0.1) is 11.0 Å². The third kappa shape index (κ3) is 4.28. The topological polar surface area (TPSA) is 17.8 Å². The zero-order chi connectivity index (χ0) is 31.5. The normalized spacial score (nSPS) is 11.5. The predicted molar refractivity (Wildman–Crippen MR) is 210 cm³/mol. The van der Waals surface area contributed by atoms with Gasteiger partial charge in [-0.05, 0) is 74.5 Å². The van der Waals surface area contributed by atoms with Crippen LogP contribution in [0.25, 0.3) is 71.9 Å². The predicted octanol–water partition coefficient (Wildman–Crippen LogP) is 3.67. The Labute approximate surface area is 273 Å². The van der Waals surface area contributed by atoms with Gasteiger partial charge in [-0.3, -0.25) is 4.57 Å². The minimum atomic E-state index is 0.964. The number of benzene rings is 7. The van der Waals surface area contributed by atoms with Gasteiger partial charge in [0.2, 0.25) is 0 Å². The van der Waals surface area contributed by atoms with Crippen molar-refractivity contribution in [1.29, 1.82) is 0 Å². The van der Waals surface area contributed by atoms with E-state index in [-0.39, 0.29) is 0 Å². The lowest BCUT2D eigenvalue weighted by molar-refractivity contribution is 1.10. The van der Waals surface area contributed by atoms with Gasteiger partial charge < -0.3 is 0 Å². The van der Waals surface area contributed by atoms with E-state index >= 15 is 0 Å². The molecule has 2 nitrogen and oxygen atoms in total. The highest BCUT2D eigenvalue weighted by atomic mass is 15.1. The number of imidazole rings is 1. The molecule has 0 aliphatic carbocycles. The van der Waals surface area contributed by atoms with E-state index in [1.54, 1.807) is 0 Å². The van der Waals surface area contributed by atoms with Crippen LogP contribution in [0.4, 0.5) is 0 Å². The molecular formula is C40H32B4N2. The first-order chi connectivity index (χ1) is 22.4. The monoisotopic (exact) mass is 584 g/mol. The Kier molecular flexibility index (Phi) is 6.76. The third-order valence-corrected chi connectivity index (χ3v) is 10.1. The van der Waals surface area contributed by atoms with Crippen molar-refractivity contribution in [3.63, 3.8) is 0 Å². The van der Waals surface area contributed by atoms with Gasteiger partial charge in [0.25, 0.3) is 0 Å². The average Bonchev–Trinajstić information content (AvgIpc) is 3.48. The van der Waals surface area contributed by atoms with Crippen LogP contribution >= 0.6 is 0 Å². The molecule has 8 rings (SSSR count). The molecule has 0 saturated heterocycles. The summed E-state index contributed by atoms with van der Waals surface area (Å²) in [5.41, 5.74) is 16.1. The minimum absolute atomic E-state index is 0.964. The fourth-order valence-corrected chi connectivity index (χ4v) is 7.43. The molecule has 0 N–H and O–H groups in total. The number of hydrogen-bond acceptors (Lipinski definition) is 1. The molecule has 8 aromatic rings. The quantitative estimate of drug-likeness (QED) is 0.228. The van der Waals surface area contributed by atoms with Crippen LogP contribution in [0.15, 0.2) is 127 Å². The van der Waals surface area contributed by atoms with Gasteiger partial charge in [-0.25, -0.2) is 4.98 Å². The number of para-hydroxylation sites is 2. The smallest absolute Gasteiger partial charge is 0.145 e. The Morgan fingerprint density at radius 3 is 1.63 bits per heavy atom. The Morgan fingerprint density at radius 1 is 0.478 bits per heavy atom. The highest BCUT2D eigenvalue weighted by Gasteiger charge is 2.22. The lowest BCUT2D eigenvalue weighted by atomic mass is 9.64. The van der Waals surface area contributed by atoms with Crippen molar-refractivity contribution in [3.05, 3.63) is 133 Å². The van der Waals surface area contributed by atoms with Crippen LogP contribution in [0, 0.1) is 6.92 Å². The first-order valence-electron chi connectivity index (χ1n) is 16.1. The SMILES string of the molecule is Bc1c(B)c(B)c(-n2c(-c3cccc(-c4c5ccccc5c(-c5ccccc5)c5ccccc45)c3)nc3ccccc32)c(C)c1B. The van der Waals surface area contributed by atoms with Crippen molar-refractivity contribution in [1.82, 2.24) is 9.55 Å². The van der Waals surface area contributed by atoms with Gasteiger partial charge >= 0.3 is 0 Å². The van der Waals surface area contributed by atoms with Crippen LogP contribution in [0.2, 0.25) is 0 Å². The molecule has 0 radical (unpaired) electrons. The van der Waals surface area contributed by atoms with Crippen molar-refractivity contribution in [3.8, 4) is 39.3 Å². The van der Waals surface area contributed by atoms with Gasteiger partial charge in [-0.1, -0.05) is 126 Å². The van der Waals surface area contributed by atoms with E-state index in [1.165, 1.54) is 76.9 Å². The Morgan fingerprint density at radius 2 is 0.978 bits per heavy atom. The van der Waals surface area contributed by atoms with Crippen LogP contribution in [0.3, 0.4) is 0 Å². The lowest BCUT2D eigenvalue weighted by Crippen LogP contribution is -2.50. The summed E-state index contributed by atoms with van der Waals surface area (Å²) in [6, 6.07) is 46.0. The number of hydrogen-bond donors (Lipinski definition) is 0. The second kappa shape index (κ2) is 11.0. The second-order valence-electron chi connectivity index (χ2n) is 12.5. The van der Waals surface area contributed by atoms with Crippen molar-refractivity contribution < 1.29 is 0 Å². The molecule has 214 valence electrons. The second-order valence-corrected chi connectivity index (χ2v) is 12.5. The zero-order valence-electron chi connectivity index (χ0n) is 27.0. The molecule has 0 aliphatic heterocycles. The summed E-state index contributed by atoms with van der Waals surface area (Å²) in [5, 5.41) is 5.03. The summed E-state index contributed by atoms with van der Waals surface area (Å²) < 4.78 is 2.40. The molecule has 0 bridgehead atoms. The van der Waals surface area contributed by atoms with E-state index < -0.39 is 0 Å². The van der Waals surface area contributed by atoms with Gasteiger partial charge in [0, 0.05) is 11.3 Å². The lowest BCUT2D eigenvalue weighted by Gasteiger charge is -2.22. The van der Waals surface area contributed by atoms with E-state index in [2.05, 4.69) is 170 Å². The summed E-state index contributed by atoms with van der Waals surface area (Å²) in [6.07, 6.45) is 0. The summed E-state index contributed by atoms with van der Waals surface area (Å²) in [7, 11) is 8.99. The van der Waals surface area contributed by atoms with E-state index in [1.807, 2.05) is 0 Å². The number of fused-ring (bicyclic) bond motifs is 3. The van der Waals surface area contributed by atoms with Gasteiger partial charge in [0.1, 0.15) is 37.2 Å². The first kappa shape index (κ1) is 28.3. The van der Waals surface area contributed by atoms with Crippen LogP contribution in [0.5, 0.6) is 0 Å². The molecule has 6 heteroatoms. The summed E-state index contributed by atoms with van der Waals surface area (Å²) in [5.74, 6) is 0.964. The van der Waals surface area contributed by atoms with E-state index in [0.717, 1.165) is 22.4 Å². The van der Waals surface area contributed by atoms with E-state index in [4.69, 9.17) is 4.98 Å². The van der Waals surface area contributed by atoms with Crippen molar-refractivity contribution in [2.75, 3.05) is 0 Å². The fraction of sp³-hybridized carbons (Fsp3) is 0.0250. The molecule has 7 aromatic carbocycles. The van der Waals surface area contributed by atoms with Crippen LogP contribution < -0.4 is 21.9 Å². The Balaban J connectivity index is 1.43. The Bertz CT molecular complexity index is 2400. The zero-order valence-corrected chi connectivity index (χ0v) is 27.0. The fourth-order valence-electron chi connectivity index (χ4n) is 7.43. The molecule has 0 amide bonds. The van der Waals surface area contributed by atoms with Crippen LogP contribution in [-0.4, -0.2) is 40.9 Å². The van der Waals surface area contributed by atoms with Crippen LogP contribution in [-0.2, 0) is 0 Å². The highest BCUT2D eigenvalue weighted by Crippen LogP contribution is 2.44. The molecule has 0 saturated carbocycles. The molecule has 0 spiro atoms. The average molecular weight is 584 g/mol. The third-order valence-electron chi connectivity index (χ3n) is 10.1. The maximum absolute atomic E-state index is 5.30. The summed E-state index contributed by atoms with van der Waals surface area (Å²) >= 11 is 0. The molecule has 46 heavy (non-hydrogen) atoms. The van der Waals surface area contributed by atoms with Crippen molar-refractivity contribution in [2.24, 2.45) is 0 Å². The molecule has 0 aliphatic rings. The largest absolute Gasteiger partial charge is 0.293 e. The molecule has 1 aromatic heterocycles.